The maximum Gasteiger partial charge on any atom is 0.305 e. The van der Waals surface area contributed by atoms with Crippen LogP contribution >= 0.6 is 0 Å². The van der Waals surface area contributed by atoms with Crippen molar-refractivity contribution in [1.29, 1.82) is 0 Å². The van der Waals surface area contributed by atoms with Gasteiger partial charge in [0.15, 0.2) is 0 Å². The number of unbranched alkanes of at least 4 members (excludes halogenated alkanes) is 7. The van der Waals surface area contributed by atoms with Crippen LogP contribution in [0.15, 0.2) is 0 Å². The average molecular weight is 284 g/mol. The molecule has 0 bridgehead atoms. The largest absolute Gasteiger partial charge is 0.465 e. The van der Waals surface area contributed by atoms with Crippen LogP contribution < -0.4 is 0 Å². The molecule has 0 heterocycles. The van der Waals surface area contributed by atoms with Gasteiger partial charge in [-0.3, -0.25) is 4.79 Å². The van der Waals surface area contributed by atoms with Crippen molar-refractivity contribution < 1.29 is 9.53 Å². The summed E-state index contributed by atoms with van der Waals surface area (Å²) < 4.78 is 5.40. The van der Waals surface area contributed by atoms with E-state index in [0.29, 0.717) is 18.9 Å². The van der Waals surface area contributed by atoms with E-state index in [4.69, 9.17) is 4.74 Å². The summed E-state index contributed by atoms with van der Waals surface area (Å²) in [6.07, 6.45) is 14.1. The van der Waals surface area contributed by atoms with E-state index in [-0.39, 0.29) is 5.97 Å². The summed E-state index contributed by atoms with van der Waals surface area (Å²) >= 11 is 0. The van der Waals surface area contributed by atoms with Gasteiger partial charge in [0.1, 0.15) is 0 Å². The van der Waals surface area contributed by atoms with Crippen LogP contribution in [0.5, 0.6) is 0 Å². The van der Waals surface area contributed by atoms with Gasteiger partial charge < -0.3 is 4.74 Å². The summed E-state index contributed by atoms with van der Waals surface area (Å²) in [5.74, 6) is 0.571. The summed E-state index contributed by atoms with van der Waals surface area (Å²) in [5, 5.41) is 0. The Morgan fingerprint density at radius 1 is 0.850 bits per heavy atom. The van der Waals surface area contributed by atoms with Crippen LogP contribution in [-0.4, -0.2) is 12.6 Å². The van der Waals surface area contributed by atoms with Crippen LogP contribution in [0.25, 0.3) is 0 Å². The highest BCUT2D eigenvalue weighted by Gasteiger charge is 2.09. The number of ether oxygens (including phenoxy) is 1. The minimum absolute atomic E-state index is 0.00788. The SMILES string of the molecule is CCCCCCCCCC(=O)OCC(CC)CCCC. The highest BCUT2D eigenvalue weighted by molar-refractivity contribution is 5.69. The first kappa shape index (κ1) is 19.5. The standard InChI is InChI=1S/C18H36O2/c1-4-7-9-10-11-12-13-15-18(19)20-16-17(6-3)14-8-5-2/h17H,4-16H2,1-3H3. The minimum atomic E-state index is 0.00788. The van der Waals surface area contributed by atoms with Crippen molar-refractivity contribution >= 4 is 5.97 Å². The van der Waals surface area contributed by atoms with Gasteiger partial charge in [0, 0.05) is 6.42 Å². The molecule has 0 aliphatic carbocycles. The lowest BCUT2D eigenvalue weighted by Crippen LogP contribution is -2.13. The van der Waals surface area contributed by atoms with Crippen molar-refractivity contribution in [3.8, 4) is 0 Å². The third kappa shape index (κ3) is 12.5. The van der Waals surface area contributed by atoms with E-state index in [9.17, 15) is 4.79 Å². The summed E-state index contributed by atoms with van der Waals surface area (Å²) in [6.45, 7) is 7.26. The monoisotopic (exact) mass is 284 g/mol. The normalized spacial score (nSPS) is 12.3. The van der Waals surface area contributed by atoms with Crippen molar-refractivity contribution in [3.05, 3.63) is 0 Å². The molecule has 120 valence electrons. The van der Waals surface area contributed by atoms with E-state index in [1.54, 1.807) is 0 Å². The van der Waals surface area contributed by atoms with Gasteiger partial charge in [-0.05, 0) is 18.8 Å². The summed E-state index contributed by atoms with van der Waals surface area (Å²) in [6, 6.07) is 0. The van der Waals surface area contributed by atoms with Crippen LogP contribution in [0.2, 0.25) is 0 Å². The molecule has 1 atom stereocenters. The van der Waals surface area contributed by atoms with Gasteiger partial charge in [-0.1, -0.05) is 78.6 Å². The molecule has 1 unspecified atom stereocenters. The zero-order chi connectivity index (χ0) is 15.1. The number of esters is 1. The second-order valence-electron chi connectivity index (χ2n) is 5.97. The summed E-state index contributed by atoms with van der Waals surface area (Å²) in [4.78, 5) is 11.7. The van der Waals surface area contributed by atoms with Crippen LogP contribution in [0.4, 0.5) is 0 Å². The third-order valence-electron chi connectivity index (χ3n) is 4.01. The molecule has 0 amide bonds. The maximum atomic E-state index is 11.7. The molecule has 2 heteroatoms. The second-order valence-corrected chi connectivity index (χ2v) is 5.97. The number of rotatable bonds is 14. The van der Waals surface area contributed by atoms with Crippen LogP contribution in [0.1, 0.15) is 97.8 Å². The molecular formula is C18H36O2. The lowest BCUT2D eigenvalue weighted by atomic mass is 10.0. The number of carbonyl (C=O) groups excluding carboxylic acids is 1. The van der Waals surface area contributed by atoms with Gasteiger partial charge in [0.05, 0.1) is 6.61 Å². The molecule has 0 saturated heterocycles. The van der Waals surface area contributed by atoms with Gasteiger partial charge >= 0.3 is 5.97 Å². The van der Waals surface area contributed by atoms with E-state index in [1.807, 2.05) is 0 Å². The Hall–Kier alpha value is -0.530. The Balaban J connectivity index is 3.43. The molecule has 0 aromatic rings. The first-order chi connectivity index (χ1) is 9.74. The summed E-state index contributed by atoms with van der Waals surface area (Å²) in [5.41, 5.74) is 0. The Kier molecular flexibility index (Phi) is 14.5. The van der Waals surface area contributed by atoms with Crippen molar-refractivity contribution in [3.63, 3.8) is 0 Å². The zero-order valence-electron chi connectivity index (χ0n) is 14.1. The van der Waals surface area contributed by atoms with Crippen molar-refractivity contribution in [2.24, 2.45) is 5.92 Å². The predicted molar refractivity (Wildman–Crippen MR) is 86.9 cm³/mol. The topological polar surface area (TPSA) is 26.3 Å². The molecule has 0 radical (unpaired) electrons. The van der Waals surface area contributed by atoms with Gasteiger partial charge in [-0.15, -0.1) is 0 Å². The average Bonchev–Trinajstić information content (AvgIpc) is 2.46. The Morgan fingerprint density at radius 3 is 2.05 bits per heavy atom. The van der Waals surface area contributed by atoms with Crippen LogP contribution in [0, 0.1) is 5.92 Å². The first-order valence-electron chi connectivity index (χ1n) is 8.90. The highest BCUT2D eigenvalue weighted by atomic mass is 16.5. The Labute approximate surface area is 126 Å². The molecule has 0 saturated carbocycles. The Morgan fingerprint density at radius 2 is 1.45 bits per heavy atom. The first-order valence-corrected chi connectivity index (χ1v) is 8.90. The molecule has 0 spiro atoms. The molecule has 0 aliphatic heterocycles. The van der Waals surface area contributed by atoms with Crippen molar-refractivity contribution in [2.75, 3.05) is 6.61 Å². The number of carbonyl (C=O) groups is 1. The zero-order valence-corrected chi connectivity index (χ0v) is 14.1. The maximum absolute atomic E-state index is 11.7. The van der Waals surface area contributed by atoms with Gasteiger partial charge in [-0.25, -0.2) is 0 Å². The lowest BCUT2D eigenvalue weighted by molar-refractivity contribution is -0.145. The number of hydrogen-bond acceptors (Lipinski definition) is 2. The molecule has 0 N–H and O–H groups in total. The van der Waals surface area contributed by atoms with Crippen molar-refractivity contribution in [2.45, 2.75) is 97.8 Å². The molecule has 0 fully saturated rings. The molecule has 20 heavy (non-hydrogen) atoms. The van der Waals surface area contributed by atoms with Gasteiger partial charge in [-0.2, -0.15) is 0 Å². The second kappa shape index (κ2) is 14.9. The third-order valence-corrected chi connectivity index (χ3v) is 4.01. The van der Waals surface area contributed by atoms with Crippen molar-refractivity contribution in [1.82, 2.24) is 0 Å². The Bertz CT molecular complexity index is 213. The predicted octanol–water partition coefficient (Wildman–Crippen LogP) is 5.89. The van der Waals surface area contributed by atoms with Crippen LogP contribution in [-0.2, 0) is 9.53 Å². The van der Waals surface area contributed by atoms with E-state index in [0.717, 1.165) is 12.8 Å². The summed E-state index contributed by atoms with van der Waals surface area (Å²) in [7, 11) is 0. The highest BCUT2D eigenvalue weighted by Crippen LogP contribution is 2.14. The fraction of sp³-hybridized carbons (Fsp3) is 0.944. The minimum Gasteiger partial charge on any atom is -0.465 e. The molecule has 2 nitrogen and oxygen atoms in total. The van der Waals surface area contributed by atoms with Gasteiger partial charge in [0.2, 0.25) is 0 Å². The fourth-order valence-electron chi connectivity index (χ4n) is 2.41. The lowest BCUT2D eigenvalue weighted by Gasteiger charge is -2.14. The quantitative estimate of drug-likeness (QED) is 0.294. The smallest absolute Gasteiger partial charge is 0.305 e. The van der Waals surface area contributed by atoms with Crippen LogP contribution in [0.3, 0.4) is 0 Å². The van der Waals surface area contributed by atoms with Gasteiger partial charge in [0.25, 0.3) is 0 Å². The molecule has 0 rings (SSSR count). The van der Waals surface area contributed by atoms with E-state index < -0.39 is 0 Å². The van der Waals surface area contributed by atoms with E-state index >= 15 is 0 Å². The molecular weight excluding hydrogens is 248 g/mol. The molecule has 0 aromatic carbocycles. The number of hydrogen-bond donors (Lipinski definition) is 0. The van der Waals surface area contributed by atoms with E-state index in [1.165, 1.54) is 57.8 Å². The van der Waals surface area contributed by atoms with E-state index in [2.05, 4.69) is 20.8 Å². The fourth-order valence-corrected chi connectivity index (χ4v) is 2.41. The molecule has 0 aliphatic rings. The molecule has 0 aromatic heterocycles.